The molecule has 3 nitrogen and oxygen atoms in total. The van der Waals surface area contributed by atoms with Gasteiger partial charge in [0.25, 0.3) is 0 Å². The summed E-state index contributed by atoms with van der Waals surface area (Å²) in [6.45, 7) is 8.50. The molecule has 0 bridgehead atoms. The number of anilines is 1. The smallest absolute Gasteiger partial charge is 0.162 e. The van der Waals surface area contributed by atoms with Crippen molar-refractivity contribution in [2.24, 2.45) is 0 Å². The molecule has 0 saturated heterocycles. The van der Waals surface area contributed by atoms with Crippen molar-refractivity contribution < 1.29 is 9.47 Å². The van der Waals surface area contributed by atoms with Crippen molar-refractivity contribution in [1.29, 1.82) is 0 Å². The number of hydrogen-bond acceptors (Lipinski definition) is 3. The number of likely N-dealkylation sites (N-methyl/N-ethyl adjacent to an activating group) is 1. The van der Waals surface area contributed by atoms with Gasteiger partial charge in [-0.1, -0.05) is 20.4 Å². The van der Waals surface area contributed by atoms with Crippen LogP contribution in [0.2, 0.25) is 0 Å². The van der Waals surface area contributed by atoms with Crippen LogP contribution in [0.3, 0.4) is 0 Å². The van der Waals surface area contributed by atoms with Gasteiger partial charge in [0.15, 0.2) is 11.5 Å². The van der Waals surface area contributed by atoms with Crippen molar-refractivity contribution in [3.8, 4) is 11.5 Å². The maximum atomic E-state index is 5.35. The molecule has 2 rings (SSSR count). The van der Waals surface area contributed by atoms with E-state index in [1.165, 1.54) is 5.56 Å². The Bertz CT molecular complexity index is 477. The van der Waals surface area contributed by atoms with Gasteiger partial charge in [-0.15, -0.1) is 0 Å². The third kappa shape index (κ3) is 1.49. The van der Waals surface area contributed by atoms with E-state index in [1.807, 2.05) is 19.2 Å². The molecule has 0 aromatic heterocycles. The Kier molecular flexibility index (Phi) is 2.57. The van der Waals surface area contributed by atoms with Crippen molar-refractivity contribution in [3.63, 3.8) is 0 Å². The number of fused-ring (bicyclic) bond motifs is 1. The van der Waals surface area contributed by atoms with Gasteiger partial charge in [-0.25, -0.2) is 0 Å². The monoisotopic (exact) mass is 233 g/mol. The average molecular weight is 233 g/mol. The molecule has 0 spiro atoms. The quantitative estimate of drug-likeness (QED) is 0.784. The van der Waals surface area contributed by atoms with Crippen LogP contribution in [0.5, 0.6) is 11.5 Å². The van der Waals surface area contributed by atoms with Crippen LogP contribution in [0.4, 0.5) is 5.69 Å². The maximum Gasteiger partial charge on any atom is 0.162 e. The molecule has 92 valence electrons. The Morgan fingerprint density at radius 2 is 1.65 bits per heavy atom. The largest absolute Gasteiger partial charge is 0.493 e. The molecule has 1 aromatic rings. The first-order chi connectivity index (χ1) is 7.93. The van der Waals surface area contributed by atoms with Crippen LogP contribution in [0.15, 0.2) is 24.4 Å². The molecule has 3 heteroatoms. The molecule has 1 aliphatic heterocycles. The molecule has 0 atom stereocenters. The van der Waals surface area contributed by atoms with Crippen LogP contribution in [-0.2, 0) is 5.41 Å². The third-order valence-electron chi connectivity index (χ3n) is 3.66. The predicted octanol–water partition coefficient (Wildman–Crippen LogP) is 2.94. The first kappa shape index (κ1) is 11.8. The SMILES string of the molecule is C=C1N(C)c2cc(OC)c(OC)cc2C1(C)C. The zero-order valence-electron chi connectivity index (χ0n) is 11.1. The summed E-state index contributed by atoms with van der Waals surface area (Å²) >= 11 is 0. The average Bonchev–Trinajstić information content (AvgIpc) is 2.49. The van der Waals surface area contributed by atoms with Crippen molar-refractivity contribution in [1.82, 2.24) is 0 Å². The summed E-state index contributed by atoms with van der Waals surface area (Å²) in [5.74, 6) is 1.52. The Morgan fingerprint density at radius 1 is 1.12 bits per heavy atom. The Morgan fingerprint density at radius 3 is 2.18 bits per heavy atom. The summed E-state index contributed by atoms with van der Waals surface area (Å²) in [6, 6.07) is 4.05. The zero-order chi connectivity index (χ0) is 12.8. The van der Waals surface area contributed by atoms with Crippen LogP contribution in [-0.4, -0.2) is 21.3 Å². The molecule has 0 N–H and O–H groups in total. The molecule has 0 amide bonds. The maximum absolute atomic E-state index is 5.35. The van der Waals surface area contributed by atoms with Gasteiger partial charge in [0.2, 0.25) is 0 Å². The van der Waals surface area contributed by atoms with E-state index in [2.05, 4.69) is 25.3 Å². The van der Waals surface area contributed by atoms with Crippen molar-refractivity contribution >= 4 is 5.69 Å². The van der Waals surface area contributed by atoms with E-state index in [0.29, 0.717) is 0 Å². The Labute approximate surface area is 103 Å². The summed E-state index contributed by atoms with van der Waals surface area (Å²) < 4.78 is 10.7. The molecule has 0 radical (unpaired) electrons. The van der Waals surface area contributed by atoms with E-state index in [0.717, 1.165) is 22.9 Å². The second-order valence-corrected chi connectivity index (χ2v) is 4.86. The van der Waals surface area contributed by atoms with Crippen LogP contribution in [0.1, 0.15) is 19.4 Å². The molecule has 17 heavy (non-hydrogen) atoms. The topological polar surface area (TPSA) is 21.7 Å². The third-order valence-corrected chi connectivity index (χ3v) is 3.66. The summed E-state index contributed by atoms with van der Waals surface area (Å²) in [6.07, 6.45) is 0. The number of ether oxygens (including phenoxy) is 2. The van der Waals surface area contributed by atoms with Gasteiger partial charge in [0, 0.05) is 29.9 Å². The Balaban J connectivity index is 2.67. The van der Waals surface area contributed by atoms with Crippen LogP contribution >= 0.6 is 0 Å². The lowest BCUT2D eigenvalue weighted by Crippen LogP contribution is -2.21. The van der Waals surface area contributed by atoms with Gasteiger partial charge in [-0.05, 0) is 11.6 Å². The lowest BCUT2D eigenvalue weighted by Gasteiger charge is -2.22. The molecular formula is C14H19NO2. The zero-order valence-corrected chi connectivity index (χ0v) is 11.1. The summed E-state index contributed by atoms with van der Waals surface area (Å²) in [4.78, 5) is 2.11. The highest BCUT2D eigenvalue weighted by molar-refractivity contribution is 5.73. The first-order valence-corrected chi connectivity index (χ1v) is 5.63. The highest BCUT2D eigenvalue weighted by atomic mass is 16.5. The Hall–Kier alpha value is -1.64. The van der Waals surface area contributed by atoms with Crippen molar-refractivity contribution in [2.75, 3.05) is 26.2 Å². The van der Waals surface area contributed by atoms with Gasteiger partial charge in [0.1, 0.15) is 0 Å². The fourth-order valence-electron chi connectivity index (χ4n) is 2.37. The minimum Gasteiger partial charge on any atom is -0.493 e. The van der Waals surface area contributed by atoms with Gasteiger partial charge in [-0.3, -0.25) is 0 Å². The summed E-state index contributed by atoms with van der Waals surface area (Å²) in [5, 5.41) is 0. The van der Waals surface area contributed by atoms with Crippen LogP contribution in [0, 0.1) is 0 Å². The van der Waals surface area contributed by atoms with Crippen LogP contribution < -0.4 is 14.4 Å². The number of benzene rings is 1. The van der Waals surface area contributed by atoms with E-state index in [9.17, 15) is 0 Å². The predicted molar refractivity (Wildman–Crippen MR) is 70.1 cm³/mol. The molecule has 0 unspecified atom stereocenters. The lowest BCUT2D eigenvalue weighted by atomic mass is 9.84. The molecule has 0 fully saturated rings. The number of nitrogens with zero attached hydrogens (tertiary/aromatic N) is 1. The first-order valence-electron chi connectivity index (χ1n) is 5.63. The van der Waals surface area contributed by atoms with Gasteiger partial charge in [0.05, 0.1) is 14.2 Å². The number of allylic oxidation sites excluding steroid dienone is 1. The second kappa shape index (κ2) is 3.69. The van der Waals surface area contributed by atoms with E-state index in [-0.39, 0.29) is 5.41 Å². The minimum absolute atomic E-state index is 0.0658. The van der Waals surface area contributed by atoms with Gasteiger partial charge >= 0.3 is 0 Å². The van der Waals surface area contributed by atoms with Gasteiger partial charge < -0.3 is 14.4 Å². The van der Waals surface area contributed by atoms with E-state index in [1.54, 1.807) is 14.2 Å². The summed E-state index contributed by atoms with van der Waals surface area (Å²) in [7, 11) is 5.34. The summed E-state index contributed by atoms with van der Waals surface area (Å²) in [5.41, 5.74) is 3.38. The van der Waals surface area contributed by atoms with Crippen molar-refractivity contribution in [3.05, 3.63) is 30.0 Å². The van der Waals surface area contributed by atoms with E-state index in [4.69, 9.17) is 9.47 Å². The molecule has 1 aromatic carbocycles. The van der Waals surface area contributed by atoms with Crippen molar-refractivity contribution in [2.45, 2.75) is 19.3 Å². The minimum atomic E-state index is -0.0658. The lowest BCUT2D eigenvalue weighted by molar-refractivity contribution is 0.354. The fourth-order valence-corrected chi connectivity index (χ4v) is 2.37. The number of rotatable bonds is 2. The van der Waals surface area contributed by atoms with Gasteiger partial charge in [-0.2, -0.15) is 0 Å². The standard InChI is InChI=1S/C14H19NO2/c1-9-14(2,3)10-7-12(16-5)13(17-6)8-11(10)15(9)4/h7-8H,1H2,2-6H3. The molecule has 0 saturated carbocycles. The normalized spacial score (nSPS) is 17.0. The molecular weight excluding hydrogens is 214 g/mol. The van der Waals surface area contributed by atoms with E-state index < -0.39 is 0 Å². The van der Waals surface area contributed by atoms with E-state index >= 15 is 0 Å². The highest BCUT2D eigenvalue weighted by Gasteiger charge is 2.38. The number of hydrogen-bond donors (Lipinski definition) is 0. The molecule has 1 aliphatic rings. The molecule has 1 heterocycles. The number of methoxy groups -OCH3 is 2. The fraction of sp³-hybridized carbons (Fsp3) is 0.429. The second-order valence-electron chi connectivity index (χ2n) is 4.86. The highest BCUT2D eigenvalue weighted by Crippen LogP contribution is 2.49. The molecule has 0 aliphatic carbocycles. The van der Waals surface area contributed by atoms with Crippen LogP contribution in [0.25, 0.3) is 0 Å².